The number of para-hydroxylation sites is 1. The SMILES string of the molecule is COc1ccc([C@@H]2CCCN2C(=O)c2cccc3c2O[C@@H](C)[C@H]3C)c(OC)c1. The highest BCUT2D eigenvalue weighted by molar-refractivity contribution is 5.98. The monoisotopic (exact) mass is 381 g/mol. The normalized spacial score (nSPS) is 23.3. The van der Waals surface area contributed by atoms with Crippen LogP contribution in [0.4, 0.5) is 0 Å². The molecule has 2 aromatic carbocycles. The molecular formula is C23H27NO4. The standard InChI is InChI=1S/C23H27NO4/c1-14-15(2)28-22-17(14)7-5-8-19(22)23(25)24-12-6-9-20(24)18-11-10-16(26-3)13-21(18)27-4/h5,7-8,10-11,13-15,20H,6,9,12H2,1-4H3/t14-,15+,20+/m1/s1. The van der Waals surface area contributed by atoms with Crippen LogP contribution in [0.3, 0.4) is 0 Å². The summed E-state index contributed by atoms with van der Waals surface area (Å²) in [6.45, 7) is 4.93. The van der Waals surface area contributed by atoms with Crippen LogP contribution in [0.15, 0.2) is 36.4 Å². The summed E-state index contributed by atoms with van der Waals surface area (Å²) in [5.74, 6) is 2.56. The van der Waals surface area contributed by atoms with E-state index in [4.69, 9.17) is 14.2 Å². The fourth-order valence-corrected chi connectivity index (χ4v) is 4.34. The van der Waals surface area contributed by atoms with E-state index in [1.54, 1.807) is 14.2 Å². The van der Waals surface area contributed by atoms with Crippen LogP contribution < -0.4 is 14.2 Å². The van der Waals surface area contributed by atoms with Crippen molar-refractivity contribution in [3.63, 3.8) is 0 Å². The van der Waals surface area contributed by atoms with Gasteiger partial charge in [0.05, 0.1) is 25.8 Å². The second-order valence-electron chi connectivity index (χ2n) is 7.60. The van der Waals surface area contributed by atoms with Crippen molar-refractivity contribution >= 4 is 5.91 Å². The molecule has 1 fully saturated rings. The minimum absolute atomic E-state index is 0.0135. The van der Waals surface area contributed by atoms with Gasteiger partial charge in [-0.25, -0.2) is 0 Å². The number of carbonyl (C=O) groups excluding carboxylic acids is 1. The van der Waals surface area contributed by atoms with Gasteiger partial charge >= 0.3 is 0 Å². The molecule has 2 aromatic rings. The molecule has 0 aromatic heterocycles. The molecule has 2 aliphatic heterocycles. The molecule has 0 radical (unpaired) electrons. The van der Waals surface area contributed by atoms with Gasteiger partial charge in [-0.3, -0.25) is 4.79 Å². The molecule has 4 rings (SSSR count). The molecule has 3 atom stereocenters. The molecule has 0 saturated carbocycles. The zero-order valence-corrected chi connectivity index (χ0v) is 16.9. The van der Waals surface area contributed by atoms with E-state index in [0.29, 0.717) is 11.5 Å². The van der Waals surface area contributed by atoms with E-state index in [0.717, 1.165) is 47.8 Å². The van der Waals surface area contributed by atoms with Gasteiger partial charge in [-0.2, -0.15) is 0 Å². The molecule has 5 nitrogen and oxygen atoms in total. The van der Waals surface area contributed by atoms with Crippen molar-refractivity contribution in [2.24, 2.45) is 0 Å². The van der Waals surface area contributed by atoms with Gasteiger partial charge < -0.3 is 19.1 Å². The molecule has 28 heavy (non-hydrogen) atoms. The fraction of sp³-hybridized carbons (Fsp3) is 0.435. The van der Waals surface area contributed by atoms with Crippen LogP contribution in [0.2, 0.25) is 0 Å². The Hall–Kier alpha value is -2.69. The Morgan fingerprint density at radius 3 is 2.68 bits per heavy atom. The molecule has 5 heteroatoms. The molecule has 0 spiro atoms. The molecule has 0 aliphatic carbocycles. The second-order valence-corrected chi connectivity index (χ2v) is 7.60. The van der Waals surface area contributed by atoms with Crippen molar-refractivity contribution in [1.82, 2.24) is 4.90 Å². The molecule has 148 valence electrons. The number of carbonyl (C=O) groups is 1. The number of benzene rings is 2. The number of rotatable bonds is 4. The number of likely N-dealkylation sites (tertiary alicyclic amines) is 1. The highest BCUT2D eigenvalue weighted by atomic mass is 16.5. The maximum atomic E-state index is 13.5. The number of ether oxygens (including phenoxy) is 3. The van der Waals surface area contributed by atoms with Gasteiger partial charge in [0.1, 0.15) is 23.4 Å². The quantitative estimate of drug-likeness (QED) is 0.779. The predicted molar refractivity (Wildman–Crippen MR) is 108 cm³/mol. The second kappa shape index (κ2) is 7.38. The van der Waals surface area contributed by atoms with E-state index < -0.39 is 0 Å². The topological polar surface area (TPSA) is 48.0 Å². The first-order valence-corrected chi connectivity index (χ1v) is 9.87. The third-order valence-electron chi connectivity index (χ3n) is 6.09. The van der Waals surface area contributed by atoms with Crippen LogP contribution >= 0.6 is 0 Å². The van der Waals surface area contributed by atoms with Crippen LogP contribution in [-0.4, -0.2) is 37.7 Å². The first-order chi connectivity index (χ1) is 13.5. The fourth-order valence-electron chi connectivity index (χ4n) is 4.34. The Morgan fingerprint density at radius 1 is 1.11 bits per heavy atom. The molecular weight excluding hydrogens is 354 g/mol. The maximum Gasteiger partial charge on any atom is 0.258 e. The number of methoxy groups -OCH3 is 2. The Kier molecular flexibility index (Phi) is 4.92. The third-order valence-corrected chi connectivity index (χ3v) is 6.09. The Bertz CT molecular complexity index is 894. The van der Waals surface area contributed by atoms with Gasteiger partial charge in [0.2, 0.25) is 0 Å². The molecule has 0 unspecified atom stereocenters. The summed E-state index contributed by atoms with van der Waals surface area (Å²) < 4.78 is 17.0. The molecule has 1 saturated heterocycles. The zero-order chi connectivity index (χ0) is 19.8. The average Bonchev–Trinajstić information content (AvgIpc) is 3.32. The molecule has 2 heterocycles. The highest BCUT2D eigenvalue weighted by Crippen LogP contribution is 2.43. The summed E-state index contributed by atoms with van der Waals surface area (Å²) in [5.41, 5.74) is 2.80. The van der Waals surface area contributed by atoms with Crippen molar-refractivity contribution in [2.75, 3.05) is 20.8 Å². The first-order valence-electron chi connectivity index (χ1n) is 9.87. The van der Waals surface area contributed by atoms with Gasteiger partial charge in [-0.1, -0.05) is 19.1 Å². The lowest BCUT2D eigenvalue weighted by Crippen LogP contribution is -2.31. The largest absolute Gasteiger partial charge is 0.497 e. The summed E-state index contributed by atoms with van der Waals surface area (Å²) in [6.07, 6.45) is 1.96. The van der Waals surface area contributed by atoms with Crippen LogP contribution in [0, 0.1) is 0 Å². The van der Waals surface area contributed by atoms with Crippen LogP contribution in [0.5, 0.6) is 17.2 Å². The number of amides is 1. The first kappa shape index (κ1) is 18.7. The van der Waals surface area contributed by atoms with Crippen LogP contribution in [-0.2, 0) is 0 Å². The van der Waals surface area contributed by atoms with Crippen molar-refractivity contribution in [1.29, 1.82) is 0 Å². The smallest absolute Gasteiger partial charge is 0.258 e. The van der Waals surface area contributed by atoms with E-state index in [9.17, 15) is 4.79 Å². The van der Waals surface area contributed by atoms with Crippen molar-refractivity contribution in [2.45, 2.75) is 44.8 Å². The maximum absolute atomic E-state index is 13.5. The minimum Gasteiger partial charge on any atom is -0.497 e. The van der Waals surface area contributed by atoms with Crippen LogP contribution in [0.25, 0.3) is 0 Å². The molecule has 2 aliphatic rings. The molecule has 1 amide bonds. The van der Waals surface area contributed by atoms with Crippen molar-refractivity contribution in [3.05, 3.63) is 53.1 Å². The summed E-state index contributed by atoms with van der Waals surface area (Å²) in [4.78, 5) is 15.5. The predicted octanol–water partition coefficient (Wildman–Crippen LogP) is 4.57. The zero-order valence-electron chi connectivity index (χ0n) is 16.9. The number of fused-ring (bicyclic) bond motifs is 1. The highest BCUT2D eigenvalue weighted by Gasteiger charge is 2.37. The lowest BCUT2D eigenvalue weighted by atomic mass is 9.96. The Balaban J connectivity index is 1.68. The van der Waals surface area contributed by atoms with Crippen molar-refractivity contribution in [3.8, 4) is 17.2 Å². The number of hydrogen-bond donors (Lipinski definition) is 0. The number of hydrogen-bond acceptors (Lipinski definition) is 4. The lowest BCUT2D eigenvalue weighted by Gasteiger charge is -2.27. The van der Waals surface area contributed by atoms with E-state index in [1.807, 2.05) is 35.2 Å². The Morgan fingerprint density at radius 2 is 1.93 bits per heavy atom. The van der Waals surface area contributed by atoms with Gasteiger partial charge in [0.25, 0.3) is 5.91 Å². The van der Waals surface area contributed by atoms with Crippen molar-refractivity contribution < 1.29 is 19.0 Å². The summed E-state index contributed by atoms with van der Waals surface area (Å²) >= 11 is 0. The van der Waals surface area contributed by atoms with Gasteiger partial charge in [0.15, 0.2) is 0 Å². The molecule has 0 N–H and O–H groups in total. The summed E-state index contributed by atoms with van der Waals surface area (Å²) in [6, 6.07) is 11.7. The van der Waals surface area contributed by atoms with Crippen LogP contribution in [0.1, 0.15) is 60.1 Å². The van der Waals surface area contributed by atoms with Gasteiger partial charge in [0, 0.05) is 29.7 Å². The summed E-state index contributed by atoms with van der Waals surface area (Å²) in [7, 11) is 3.29. The van der Waals surface area contributed by atoms with E-state index in [1.165, 1.54) is 0 Å². The van der Waals surface area contributed by atoms with Gasteiger partial charge in [-0.15, -0.1) is 0 Å². The third kappa shape index (κ3) is 2.99. The number of nitrogens with zero attached hydrogens (tertiary/aromatic N) is 1. The Labute approximate surface area is 166 Å². The average molecular weight is 381 g/mol. The van der Waals surface area contributed by atoms with E-state index in [-0.39, 0.29) is 18.1 Å². The minimum atomic E-state index is -0.0135. The molecule has 0 bridgehead atoms. The van der Waals surface area contributed by atoms with E-state index in [2.05, 4.69) is 19.9 Å². The van der Waals surface area contributed by atoms with Gasteiger partial charge in [-0.05, 0) is 38.0 Å². The summed E-state index contributed by atoms with van der Waals surface area (Å²) in [5, 5.41) is 0. The lowest BCUT2D eigenvalue weighted by molar-refractivity contribution is 0.0729. The van der Waals surface area contributed by atoms with E-state index >= 15 is 0 Å².